The molecule has 0 fully saturated rings. The predicted molar refractivity (Wildman–Crippen MR) is 59.3 cm³/mol. The lowest BCUT2D eigenvalue weighted by atomic mass is 9.87. The fourth-order valence-electron chi connectivity index (χ4n) is 1.17. The van der Waals surface area contributed by atoms with Crippen molar-refractivity contribution in [2.45, 2.75) is 26.2 Å². The summed E-state index contributed by atoms with van der Waals surface area (Å²) in [6, 6.07) is 7.68. The molecule has 3 heteroatoms. The molecule has 76 valence electrons. The molecule has 0 amide bonds. The lowest BCUT2D eigenvalue weighted by Crippen LogP contribution is -2.10. The number of rotatable bonds is 1. The Morgan fingerprint density at radius 2 is 1.71 bits per heavy atom. The van der Waals surface area contributed by atoms with Gasteiger partial charge in [-0.25, -0.2) is 0 Å². The van der Waals surface area contributed by atoms with Crippen molar-refractivity contribution in [3.05, 3.63) is 35.4 Å². The summed E-state index contributed by atoms with van der Waals surface area (Å²) in [5.74, 6) is 0. The second kappa shape index (κ2) is 4.01. The second-order valence-corrected chi connectivity index (χ2v) is 4.58. The maximum Gasteiger partial charge on any atom is 0.175 e. The lowest BCUT2D eigenvalue weighted by Gasteiger charge is -2.18. The molecule has 1 aromatic carbocycles. The van der Waals surface area contributed by atoms with Gasteiger partial charge in [-0.2, -0.15) is 0 Å². The largest absolute Gasteiger partial charge is 0.410 e. The van der Waals surface area contributed by atoms with Gasteiger partial charge in [0.15, 0.2) is 5.17 Å². The monoisotopic (exact) mass is 211 g/mol. The summed E-state index contributed by atoms with van der Waals surface area (Å²) >= 11 is 5.66. The van der Waals surface area contributed by atoms with Crippen LogP contribution in [0.2, 0.25) is 0 Å². The van der Waals surface area contributed by atoms with E-state index in [1.807, 2.05) is 24.3 Å². The standard InChI is InChI=1S/C11H14ClNO/c1-11(2,3)9-6-4-8(5-7-9)10(12)13-14/h4-7,14H,1-3H3/b13-10+. The number of hydrogen-bond donors (Lipinski definition) is 1. The summed E-state index contributed by atoms with van der Waals surface area (Å²) < 4.78 is 0. The van der Waals surface area contributed by atoms with E-state index >= 15 is 0 Å². The van der Waals surface area contributed by atoms with Crippen molar-refractivity contribution in [1.29, 1.82) is 0 Å². The molecule has 0 radical (unpaired) electrons. The van der Waals surface area contributed by atoms with Crippen LogP contribution in [0.1, 0.15) is 31.9 Å². The maximum atomic E-state index is 8.47. The quantitative estimate of drug-likeness (QED) is 0.431. The number of nitrogens with zero attached hydrogens (tertiary/aromatic N) is 1. The molecule has 1 rings (SSSR count). The molecule has 0 aliphatic heterocycles. The van der Waals surface area contributed by atoms with E-state index in [0.717, 1.165) is 5.56 Å². The van der Waals surface area contributed by atoms with Gasteiger partial charge in [0.05, 0.1) is 0 Å². The number of halogens is 1. The van der Waals surface area contributed by atoms with E-state index in [2.05, 4.69) is 25.9 Å². The Morgan fingerprint density at radius 3 is 2.07 bits per heavy atom. The van der Waals surface area contributed by atoms with E-state index in [9.17, 15) is 0 Å². The van der Waals surface area contributed by atoms with Crippen LogP contribution in [0.4, 0.5) is 0 Å². The fraction of sp³-hybridized carbons (Fsp3) is 0.364. The smallest absolute Gasteiger partial charge is 0.175 e. The molecule has 1 aromatic rings. The minimum absolute atomic E-state index is 0.116. The van der Waals surface area contributed by atoms with Crippen LogP contribution in [0.5, 0.6) is 0 Å². The van der Waals surface area contributed by atoms with Crippen molar-refractivity contribution in [2.24, 2.45) is 5.16 Å². The van der Waals surface area contributed by atoms with Gasteiger partial charge in [0, 0.05) is 5.56 Å². The van der Waals surface area contributed by atoms with E-state index in [1.54, 1.807) is 0 Å². The summed E-state index contributed by atoms with van der Waals surface area (Å²) in [6.07, 6.45) is 0. The molecular formula is C11H14ClNO. The summed E-state index contributed by atoms with van der Waals surface area (Å²) in [7, 11) is 0. The predicted octanol–water partition coefficient (Wildman–Crippen LogP) is 3.36. The Bertz CT molecular complexity index is 335. The van der Waals surface area contributed by atoms with Crippen molar-refractivity contribution < 1.29 is 5.21 Å². The van der Waals surface area contributed by atoms with Gasteiger partial charge >= 0.3 is 0 Å². The van der Waals surface area contributed by atoms with Crippen LogP contribution in [-0.2, 0) is 5.41 Å². The lowest BCUT2D eigenvalue weighted by molar-refractivity contribution is 0.321. The van der Waals surface area contributed by atoms with Gasteiger partial charge in [0.25, 0.3) is 0 Å². The number of hydrogen-bond acceptors (Lipinski definition) is 2. The molecule has 14 heavy (non-hydrogen) atoms. The number of benzene rings is 1. The van der Waals surface area contributed by atoms with Gasteiger partial charge in [-0.3, -0.25) is 0 Å². The average molecular weight is 212 g/mol. The van der Waals surface area contributed by atoms with Crippen LogP contribution in [-0.4, -0.2) is 10.4 Å². The van der Waals surface area contributed by atoms with Crippen molar-refractivity contribution in [2.75, 3.05) is 0 Å². The van der Waals surface area contributed by atoms with Crippen LogP contribution in [0.25, 0.3) is 0 Å². The Hall–Kier alpha value is -1.02. The molecule has 0 heterocycles. The first-order valence-corrected chi connectivity index (χ1v) is 4.81. The Kier molecular flexibility index (Phi) is 3.17. The van der Waals surface area contributed by atoms with Crippen LogP contribution < -0.4 is 0 Å². The van der Waals surface area contributed by atoms with E-state index < -0.39 is 0 Å². The minimum Gasteiger partial charge on any atom is -0.410 e. The Balaban J connectivity index is 3.01. The van der Waals surface area contributed by atoms with Gasteiger partial charge in [0.1, 0.15) is 0 Å². The first-order chi connectivity index (χ1) is 6.45. The van der Waals surface area contributed by atoms with Crippen molar-refractivity contribution >= 4 is 16.8 Å². The molecule has 0 saturated heterocycles. The third kappa shape index (κ3) is 2.48. The SMILES string of the molecule is CC(C)(C)c1ccc(/C(Cl)=N\O)cc1. The Labute approximate surface area is 89.2 Å². The number of oxime groups is 1. The molecule has 0 aromatic heterocycles. The first-order valence-electron chi connectivity index (χ1n) is 4.43. The zero-order valence-electron chi connectivity index (χ0n) is 8.58. The first kappa shape index (κ1) is 11.1. The summed E-state index contributed by atoms with van der Waals surface area (Å²) in [4.78, 5) is 0. The maximum absolute atomic E-state index is 8.47. The van der Waals surface area contributed by atoms with Gasteiger partial charge in [-0.05, 0) is 11.0 Å². The van der Waals surface area contributed by atoms with E-state index in [1.165, 1.54) is 5.56 Å². The summed E-state index contributed by atoms with van der Waals surface area (Å²) in [6.45, 7) is 6.43. The molecule has 0 aliphatic carbocycles. The second-order valence-electron chi connectivity index (χ2n) is 4.22. The third-order valence-corrected chi connectivity index (χ3v) is 2.37. The Morgan fingerprint density at radius 1 is 1.21 bits per heavy atom. The van der Waals surface area contributed by atoms with Crippen LogP contribution in [0, 0.1) is 0 Å². The highest BCUT2D eigenvalue weighted by atomic mass is 35.5. The van der Waals surface area contributed by atoms with Crippen LogP contribution >= 0.6 is 11.6 Å². The van der Waals surface area contributed by atoms with E-state index in [4.69, 9.17) is 16.8 Å². The van der Waals surface area contributed by atoms with Crippen molar-refractivity contribution in [3.63, 3.8) is 0 Å². The molecule has 0 aliphatic rings. The van der Waals surface area contributed by atoms with E-state index in [0.29, 0.717) is 0 Å². The molecule has 0 unspecified atom stereocenters. The highest BCUT2D eigenvalue weighted by Gasteiger charge is 2.13. The van der Waals surface area contributed by atoms with Gasteiger partial charge in [0.2, 0.25) is 0 Å². The van der Waals surface area contributed by atoms with Crippen LogP contribution in [0.15, 0.2) is 29.4 Å². The van der Waals surface area contributed by atoms with Crippen molar-refractivity contribution in [3.8, 4) is 0 Å². The minimum atomic E-state index is 0.116. The van der Waals surface area contributed by atoms with Gasteiger partial charge in [-0.15, -0.1) is 0 Å². The van der Waals surface area contributed by atoms with Crippen LogP contribution in [0.3, 0.4) is 0 Å². The molecule has 0 saturated carbocycles. The fourth-order valence-corrected chi connectivity index (χ4v) is 1.29. The molecule has 2 nitrogen and oxygen atoms in total. The zero-order chi connectivity index (χ0) is 10.8. The van der Waals surface area contributed by atoms with Crippen molar-refractivity contribution in [1.82, 2.24) is 0 Å². The zero-order valence-corrected chi connectivity index (χ0v) is 9.34. The molecule has 0 atom stereocenters. The van der Waals surface area contributed by atoms with E-state index in [-0.39, 0.29) is 10.6 Å². The summed E-state index contributed by atoms with van der Waals surface area (Å²) in [5, 5.41) is 11.5. The normalized spacial score (nSPS) is 13.0. The topological polar surface area (TPSA) is 32.6 Å². The highest BCUT2D eigenvalue weighted by molar-refractivity contribution is 6.69. The third-order valence-electron chi connectivity index (χ3n) is 2.08. The molecular weight excluding hydrogens is 198 g/mol. The average Bonchev–Trinajstić information content (AvgIpc) is 2.15. The highest BCUT2D eigenvalue weighted by Crippen LogP contribution is 2.22. The molecule has 1 N–H and O–H groups in total. The summed E-state index contributed by atoms with van der Waals surface area (Å²) in [5.41, 5.74) is 2.08. The van der Waals surface area contributed by atoms with Gasteiger partial charge in [-0.1, -0.05) is 61.8 Å². The van der Waals surface area contributed by atoms with Gasteiger partial charge < -0.3 is 5.21 Å². The molecule has 0 spiro atoms. The molecule has 0 bridgehead atoms.